The van der Waals surface area contributed by atoms with Crippen LogP contribution in [0.2, 0.25) is 0 Å². The molecule has 0 aliphatic carbocycles. The molecule has 3 amide bonds. The standard InChI is InChI=1S/C15H13BF3N5O3/c1-7(8-2-4-9(5-3-8)15(17,18)19)24-12-11(10(23-24)6-27-16-20)13(25)22-14(26)21-12/h2-5,7,11,20H,6H2,1H3,(H,22,25,26)/t7-,11?/m0/s1. The van der Waals surface area contributed by atoms with Crippen LogP contribution in [0.25, 0.3) is 0 Å². The predicted octanol–water partition coefficient (Wildman–Crippen LogP) is 2.10. The number of hydrazone groups is 1. The Morgan fingerprint density at radius 3 is 2.59 bits per heavy atom. The van der Waals surface area contributed by atoms with Gasteiger partial charge >= 0.3 is 151 Å². The second-order valence-electron chi connectivity index (χ2n) is 5.86. The molecule has 2 heterocycles. The number of carbonyl (C=O) groups is 2. The summed E-state index contributed by atoms with van der Waals surface area (Å²) in [5, 5.41) is 14.6. The first kappa shape index (κ1) is 18.7. The average molecular weight is 379 g/mol. The Morgan fingerprint density at radius 1 is 1.33 bits per heavy atom. The summed E-state index contributed by atoms with van der Waals surface area (Å²) in [5.74, 6) is -1.52. The van der Waals surface area contributed by atoms with Gasteiger partial charge in [0.1, 0.15) is 0 Å². The van der Waals surface area contributed by atoms with Gasteiger partial charge in [0.05, 0.1) is 0 Å². The number of nitrogens with zero attached hydrogens (tertiary/aromatic N) is 3. The van der Waals surface area contributed by atoms with Crippen molar-refractivity contribution < 1.29 is 27.4 Å². The van der Waals surface area contributed by atoms with Gasteiger partial charge in [-0.1, -0.05) is 0 Å². The summed E-state index contributed by atoms with van der Waals surface area (Å²) in [6.07, 6.45) is -4.45. The Kier molecular flexibility index (Phi) is 4.81. The van der Waals surface area contributed by atoms with Gasteiger partial charge in [-0.25, -0.2) is 0 Å². The van der Waals surface area contributed by atoms with Crippen molar-refractivity contribution in [1.29, 1.82) is 5.31 Å². The van der Waals surface area contributed by atoms with Crippen molar-refractivity contribution >= 4 is 30.8 Å². The van der Waals surface area contributed by atoms with Gasteiger partial charge in [0, 0.05) is 0 Å². The summed E-state index contributed by atoms with van der Waals surface area (Å²) < 4.78 is 43.1. The molecule has 0 fully saturated rings. The molecular formula is C15H13BF3N5O3. The van der Waals surface area contributed by atoms with Gasteiger partial charge in [-0.2, -0.15) is 0 Å². The molecule has 0 bridgehead atoms. The molecule has 0 saturated heterocycles. The van der Waals surface area contributed by atoms with E-state index in [9.17, 15) is 22.8 Å². The van der Waals surface area contributed by atoms with Crippen LogP contribution in [0, 0.1) is 11.2 Å². The number of fused-ring (bicyclic) bond motifs is 1. The third-order valence-electron chi connectivity index (χ3n) is 4.17. The fraction of sp³-hybridized carbons (Fsp3) is 0.333. The normalized spacial score (nSPS) is 20.3. The first-order valence-corrected chi connectivity index (χ1v) is 7.80. The van der Waals surface area contributed by atoms with Gasteiger partial charge in [0.15, 0.2) is 0 Å². The molecule has 0 saturated carbocycles. The molecule has 0 radical (unpaired) electrons. The molecule has 8 nitrogen and oxygen atoms in total. The molecule has 140 valence electrons. The van der Waals surface area contributed by atoms with Crippen LogP contribution >= 0.6 is 0 Å². The summed E-state index contributed by atoms with van der Waals surface area (Å²) >= 11 is 0. The number of nitrogens with one attached hydrogen (secondary N) is 2. The van der Waals surface area contributed by atoms with Crippen molar-refractivity contribution in [2.75, 3.05) is 6.61 Å². The number of alkyl halides is 3. The van der Waals surface area contributed by atoms with E-state index in [0.717, 1.165) is 12.1 Å². The summed E-state index contributed by atoms with van der Waals surface area (Å²) in [7, 11) is 0.688. The van der Waals surface area contributed by atoms with Crippen LogP contribution < -0.4 is 5.32 Å². The molecule has 12 heteroatoms. The Bertz CT molecular complexity index is 853. The number of carbonyl (C=O) groups excluding carboxylic acids is 2. The topological polar surface area (TPSA) is 107 Å². The summed E-state index contributed by atoms with van der Waals surface area (Å²) in [6, 6.07) is 3.06. The van der Waals surface area contributed by atoms with E-state index < -0.39 is 35.6 Å². The van der Waals surface area contributed by atoms with Gasteiger partial charge in [-0.05, 0) is 0 Å². The van der Waals surface area contributed by atoms with E-state index in [0.29, 0.717) is 12.8 Å². The van der Waals surface area contributed by atoms with Crippen LogP contribution in [0.3, 0.4) is 0 Å². The molecule has 1 aromatic carbocycles. The van der Waals surface area contributed by atoms with E-state index in [1.165, 1.54) is 17.1 Å². The summed E-state index contributed by atoms with van der Waals surface area (Å²) in [5.41, 5.74) is -0.0623. The first-order valence-electron chi connectivity index (χ1n) is 7.80. The van der Waals surface area contributed by atoms with Crippen LogP contribution in [-0.4, -0.2) is 42.4 Å². The summed E-state index contributed by atoms with van der Waals surface area (Å²) in [6.45, 7) is 1.49. The number of amidine groups is 1. The van der Waals surface area contributed by atoms with E-state index in [2.05, 4.69) is 15.4 Å². The molecule has 0 spiro atoms. The van der Waals surface area contributed by atoms with Gasteiger partial charge in [0.25, 0.3) is 0 Å². The van der Waals surface area contributed by atoms with E-state index in [-0.39, 0.29) is 18.2 Å². The second-order valence-corrected chi connectivity index (χ2v) is 5.86. The van der Waals surface area contributed by atoms with Crippen LogP contribution in [0.5, 0.6) is 0 Å². The molecule has 1 aromatic rings. The van der Waals surface area contributed by atoms with E-state index >= 15 is 0 Å². The molecule has 1 unspecified atom stereocenters. The van der Waals surface area contributed by atoms with Crippen molar-refractivity contribution in [3.8, 4) is 0 Å². The molecule has 2 atom stereocenters. The Morgan fingerprint density at radius 2 is 2.00 bits per heavy atom. The maximum atomic E-state index is 12.7. The number of rotatable bonds is 5. The minimum absolute atomic E-state index is 0.0692. The molecule has 2 aliphatic rings. The van der Waals surface area contributed by atoms with Crippen LogP contribution in [0.15, 0.2) is 34.4 Å². The minimum atomic E-state index is -4.45. The fourth-order valence-electron chi connectivity index (χ4n) is 2.84. The number of hydrogen-bond donors (Lipinski definition) is 2. The number of urea groups is 1. The van der Waals surface area contributed by atoms with Crippen molar-refractivity contribution in [2.24, 2.45) is 16.0 Å². The van der Waals surface area contributed by atoms with Crippen LogP contribution in [0.1, 0.15) is 24.1 Å². The number of amides is 3. The summed E-state index contributed by atoms with van der Waals surface area (Å²) in [4.78, 5) is 27.6. The van der Waals surface area contributed by atoms with Crippen LogP contribution in [0.4, 0.5) is 18.0 Å². The molecule has 27 heavy (non-hydrogen) atoms. The molecular weight excluding hydrogens is 366 g/mol. The number of aliphatic imine (C=N–C) groups is 1. The Labute approximate surface area is 151 Å². The van der Waals surface area contributed by atoms with Crippen molar-refractivity contribution in [2.45, 2.75) is 19.1 Å². The van der Waals surface area contributed by atoms with Gasteiger partial charge in [-0.15, -0.1) is 0 Å². The van der Waals surface area contributed by atoms with Gasteiger partial charge in [-0.3, -0.25) is 0 Å². The van der Waals surface area contributed by atoms with Gasteiger partial charge in [0.2, 0.25) is 0 Å². The van der Waals surface area contributed by atoms with E-state index in [1.54, 1.807) is 6.92 Å². The average Bonchev–Trinajstić information content (AvgIpc) is 2.97. The zero-order chi connectivity index (χ0) is 19.8. The molecule has 3 rings (SSSR count). The molecule has 0 aromatic heterocycles. The van der Waals surface area contributed by atoms with Crippen molar-refractivity contribution in [1.82, 2.24) is 10.3 Å². The first-order chi connectivity index (χ1) is 12.7. The van der Waals surface area contributed by atoms with Gasteiger partial charge < -0.3 is 0 Å². The number of halogens is 3. The number of imide groups is 1. The Balaban J connectivity index is 1.93. The molecule has 2 N–H and O–H groups in total. The van der Waals surface area contributed by atoms with E-state index in [4.69, 9.17) is 9.97 Å². The maximum absolute atomic E-state index is 12.7. The zero-order valence-electron chi connectivity index (χ0n) is 13.9. The monoisotopic (exact) mass is 379 g/mol. The predicted molar refractivity (Wildman–Crippen MR) is 88.0 cm³/mol. The Hall–Kier alpha value is -3.05. The van der Waals surface area contributed by atoms with E-state index in [1.807, 2.05) is 0 Å². The number of benzene rings is 1. The van der Waals surface area contributed by atoms with Crippen LogP contribution in [-0.2, 0) is 15.6 Å². The van der Waals surface area contributed by atoms with Crippen molar-refractivity contribution in [3.05, 3.63) is 35.4 Å². The zero-order valence-corrected chi connectivity index (χ0v) is 13.9. The molecule has 2 aliphatic heterocycles. The third kappa shape index (κ3) is 3.59. The third-order valence-corrected chi connectivity index (χ3v) is 4.17. The SMILES string of the molecule is C[C@@H](c1ccc(C(F)(F)F)cc1)N1N=C(COB=N)C2C(=O)NC(=O)N=C21. The van der Waals surface area contributed by atoms with Crippen molar-refractivity contribution in [3.63, 3.8) is 0 Å². The fourth-order valence-corrected chi connectivity index (χ4v) is 2.84. The number of hydrogen-bond acceptors (Lipinski definition) is 6. The quantitative estimate of drug-likeness (QED) is 0.764. The second kappa shape index (κ2) is 6.93.